The Morgan fingerprint density at radius 2 is 2.13 bits per heavy atom. The van der Waals surface area contributed by atoms with Crippen molar-refractivity contribution in [2.45, 2.75) is 13.5 Å². The molecule has 78 valence electrons. The van der Waals surface area contributed by atoms with Crippen molar-refractivity contribution >= 4 is 5.95 Å². The minimum absolute atomic E-state index is 0.219. The van der Waals surface area contributed by atoms with Gasteiger partial charge in [-0.25, -0.2) is 9.37 Å². The molecule has 0 saturated heterocycles. The van der Waals surface area contributed by atoms with Crippen LogP contribution in [0.1, 0.15) is 11.3 Å². The summed E-state index contributed by atoms with van der Waals surface area (Å²) in [6.07, 6.45) is 1.81. The van der Waals surface area contributed by atoms with Crippen LogP contribution >= 0.6 is 0 Å². The van der Waals surface area contributed by atoms with E-state index in [1.807, 2.05) is 13.1 Å². The number of halogens is 1. The number of anilines is 1. The number of benzene rings is 1. The van der Waals surface area contributed by atoms with Gasteiger partial charge in [0, 0.05) is 11.8 Å². The molecule has 2 N–H and O–H groups in total. The zero-order valence-electron chi connectivity index (χ0n) is 8.44. The normalized spacial score (nSPS) is 10.5. The second-order valence-corrected chi connectivity index (χ2v) is 3.46. The first-order valence-corrected chi connectivity index (χ1v) is 4.69. The summed E-state index contributed by atoms with van der Waals surface area (Å²) < 4.78 is 15.1. The predicted molar refractivity (Wildman–Crippen MR) is 56.9 cm³/mol. The molecule has 15 heavy (non-hydrogen) atoms. The Labute approximate surface area is 87.4 Å². The number of rotatable bonds is 2. The molecule has 0 bridgehead atoms. The Kier molecular flexibility index (Phi) is 2.41. The lowest BCUT2D eigenvalue weighted by Crippen LogP contribution is -2.04. The number of hydrogen-bond donors (Lipinski definition) is 1. The van der Waals surface area contributed by atoms with Crippen LogP contribution in [0.2, 0.25) is 0 Å². The van der Waals surface area contributed by atoms with E-state index >= 15 is 0 Å². The van der Waals surface area contributed by atoms with Gasteiger partial charge < -0.3 is 10.3 Å². The van der Waals surface area contributed by atoms with Gasteiger partial charge in [0.25, 0.3) is 0 Å². The van der Waals surface area contributed by atoms with E-state index in [2.05, 4.69) is 4.98 Å². The largest absolute Gasteiger partial charge is 0.369 e. The minimum Gasteiger partial charge on any atom is -0.369 e. The molecular formula is C11H12FN3. The Morgan fingerprint density at radius 3 is 2.73 bits per heavy atom. The van der Waals surface area contributed by atoms with Gasteiger partial charge in [-0.3, -0.25) is 0 Å². The smallest absolute Gasteiger partial charge is 0.200 e. The van der Waals surface area contributed by atoms with Crippen LogP contribution in [-0.2, 0) is 6.54 Å². The number of nitrogens with zero attached hydrogens (tertiary/aromatic N) is 2. The van der Waals surface area contributed by atoms with Crippen molar-refractivity contribution in [2.75, 3.05) is 5.73 Å². The molecule has 0 unspecified atom stereocenters. The average molecular weight is 205 g/mol. The van der Waals surface area contributed by atoms with E-state index in [0.29, 0.717) is 18.1 Å². The quantitative estimate of drug-likeness (QED) is 0.814. The summed E-state index contributed by atoms with van der Waals surface area (Å²) >= 11 is 0. The second kappa shape index (κ2) is 3.73. The molecule has 0 spiro atoms. The van der Waals surface area contributed by atoms with E-state index in [0.717, 1.165) is 5.69 Å². The van der Waals surface area contributed by atoms with Gasteiger partial charge in [-0.1, -0.05) is 18.2 Å². The minimum atomic E-state index is -0.219. The van der Waals surface area contributed by atoms with E-state index in [-0.39, 0.29) is 5.82 Å². The average Bonchev–Trinajstić information content (AvgIpc) is 2.49. The molecule has 0 atom stereocenters. The fraction of sp³-hybridized carbons (Fsp3) is 0.182. The summed E-state index contributed by atoms with van der Waals surface area (Å²) in [5.41, 5.74) is 7.12. The standard InChI is InChI=1S/C11H12FN3/c1-8-6-15(11(13)14-8)7-9-4-2-3-5-10(9)12/h2-6H,7H2,1H3,(H2,13,14). The van der Waals surface area contributed by atoms with Crippen molar-refractivity contribution < 1.29 is 4.39 Å². The predicted octanol–water partition coefficient (Wildman–Crippen LogP) is 1.96. The molecule has 0 aliphatic rings. The van der Waals surface area contributed by atoms with Crippen LogP contribution in [0.3, 0.4) is 0 Å². The van der Waals surface area contributed by atoms with Gasteiger partial charge in [0.2, 0.25) is 5.95 Å². The summed E-state index contributed by atoms with van der Waals surface area (Å²) in [7, 11) is 0. The molecule has 2 aromatic rings. The maximum atomic E-state index is 13.3. The molecule has 0 saturated carbocycles. The molecule has 3 nitrogen and oxygen atoms in total. The third kappa shape index (κ3) is 1.98. The van der Waals surface area contributed by atoms with E-state index in [4.69, 9.17) is 5.73 Å². The zero-order valence-corrected chi connectivity index (χ0v) is 8.44. The molecular weight excluding hydrogens is 193 g/mol. The Bertz CT molecular complexity index is 476. The monoisotopic (exact) mass is 205 g/mol. The summed E-state index contributed by atoms with van der Waals surface area (Å²) in [5, 5.41) is 0. The van der Waals surface area contributed by atoms with Gasteiger partial charge >= 0.3 is 0 Å². The SMILES string of the molecule is Cc1cn(Cc2ccccc2F)c(N)n1. The third-order valence-corrected chi connectivity index (χ3v) is 2.23. The van der Waals surface area contributed by atoms with Gasteiger partial charge in [0.15, 0.2) is 0 Å². The van der Waals surface area contributed by atoms with Gasteiger partial charge in [-0.15, -0.1) is 0 Å². The fourth-order valence-corrected chi connectivity index (χ4v) is 1.50. The molecule has 4 heteroatoms. The van der Waals surface area contributed by atoms with Crippen LogP contribution < -0.4 is 5.73 Å². The Balaban J connectivity index is 2.29. The van der Waals surface area contributed by atoms with Crippen molar-refractivity contribution in [3.63, 3.8) is 0 Å². The molecule has 1 heterocycles. The lowest BCUT2D eigenvalue weighted by molar-refractivity contribution is 0.600. The highest BCUT2D eigenvalue weighted by molar-refractivity contribution is 5.25. The zero-order chi connectivity index (χ0) is 10.8. The Hall–Kier alpha value is -1.84. The van der Waals surface area contributed by atoms with Crippen molar-refractivity contribution in [3.8, 4) is 0 Å². The van der Waals surface area contributed by atoms with Gasteiger partial charge in [-0.2, -0.15) is 0 Å². The number of nitrogens with two attached hydrogens (primary N) is 1. The third-order valence-electron chi connectivity index (χ3n) is 2.23. The van der Waals surface area contributed by atoms with Gasteiger partial charge in [0.05, 0.1) is 12.2 Å². The fourth-order valence-electron chi connectivity index (χ4n) is 1.50. The maximum Gasteiger partial charge on any atom is 0.200 e. The van der Waals surface area contributed by atoms with Crippen molar-refractivity contribution in [2.24, 2.45) is 0 Å². The molecule has 1 aromatic carbocycles. The van der Waals surface area contributed by atoms with E-state index in [9.17, 15) is 4.39 Å². The number of aryl methyl sites for hydroxylation is 1. The number of hydrogen-bond acceptors (Lipinski definition) is 2. The summed E-state index contributed by atoms with van der Waals surface area (Å²) in [5.74, 6) is 0.194. The lowest BCUT2D eigenvalue weighted by atomic mass is 10.2. The van der Waals surface area contributed by atoms with Crippen LogP contribution in [0.25, 0.3) is 0 Å². The summed E-state index contributed by atoms with van der Waals surface area (Å²) in [6.45, 7) is 2.27. The van der Waals surface area contributed by atoms with Crippen molar-refractivity contribution in [1.29, 1.82) is 0 Å². The summed E-state index contributed by atoms with van der Waals surface area (Å²) in [4.78, 5) is 4.06. The molecule has 1 aromatic heterocycles. The van der Waals surface area contributed by atoms with Crippen LogP contribution in [0.15, 0.2) is 30.5 Å². The molecule has 0 aliphatic heterocycles. The number of nitrogen functional groups attached to an aromatic ring is 1. The van der Waals surface area contributed by atoms with Crippen molar-refractivity contribution in [3.05, 3.63) is 47.5 Å². The van der Waals surface area contributed by atoms with Gasteiger partial charge in [0.1, 0.15) is 5.82 Å². The van der Waals surface area contributed by atoms with Crippen LogP contribution in [0.5, 0.6) is 0 Å². The molecule has 0 aliphatic carbocycles. The Morgan fingerprint density at radius 1 is 1.40 bits per heavy atom. The molecule has 0 amide bonds. The van der Waals surface area contributed by atoms with Crippen LogP contribution in [-0.4, -0.2) is 9.55 Å². The molecule has 0 radical (unpaired) electrons. The highest BCUT2D eigenvalue weighted by Gasteiger charge is 2.05. The van der Waals surface area contributed by atoms with Crippen LogP contribution in [0.4, 0.5) is 10.3 Å². The second-order valence-electron chi connectivity index (χ2n) is 3.46. The summed E-state index contributed by atoms with van der Waals surface area (Å²) in [6, 6.07) is 6.65. The number of aromatic nitrogens is 2. The first kappa shape index (κ1) is 9.71. The molecule has 0 fully saturated rings. The van der Waals surface area contributed by atoms with Crippen LogP contribution in [0, 0.1) is 12.7 Å². The van der Waals surface area contributed by atoms with E-state index in [1.165, 1.54) is 6.07 Å². The van der Waals surface area contributed by atoms with Gasteiger partial charge in [-0.05, 0) is 13.0 Å². The van der Waals surface area contributed by atoms with E-state index < -0.39 is 0 Å². The first-order chi connectivity index (χ1) is 7.16. The maximum absolute atomic E-state index is 13.3. The molecule has 2 rings (SSSR count). The first-order valence-electron chi connectivity index (χ1n) is 4.69. The highest BCUT2D eigenvalue weighted by Crippen LogP contribution is 2.11. The topological polar surface area (TPSA) is 43.8 Å². The van der Waals surface area contributed by atoms with Crippen molar-refractivity contribution in [1.82, 2.24) is 9.55 Å². The number of imidazole rings is 1. The highest BCUT2D eigenvalue weighted by atomic mass is 19.1. The lowest BCUT2D eigenvalue weighted by Gasteiger charge is -2.05. The van der Waals surface area contributed by atoms with E-state index in [1.54, 1.807) is 22.8 Å².